The van der Waals surface area contributed by atoms with Crippen LogP contribution in [0.15, 0.2) is 24.3 Å². The summed E-state index contributed by atoms with van der Waals surface area (Å²) in [5.41, 5.74) is 1.98. The topological polar surface area (TPSA) is 25.8 Å². The molecule has 0 N–H and O–H groups in total. The van der Waals surface area contributed by atoms with Gasteiger partial charge < -0.3 is 0 Å². The van der Waals surface area contributed by atoms with E-state index in [1.165, 1.54) is 25.7 Å². The summed E-state index contributed by atoms with van der Waals surface area (Å²) in [4.78, 5) is 0. The van der Waals surface area contributed by atoms with Gasteiger partial charge in [-0.25, -0.2) is 8.78 Å². The van der Waals surface area contributed by atoms with E-state index in [-0.39, 0.29) is 5.56 Å². The molecule has 1 saturated carbocycles. The van der Waals surface area contributed by atoms with Gasteiger partial charge in [-0.2, -0.15) is 10.2 Å². The third-order valence-corrected chi connectivity index (χ3v) is 6.40. The van der Waals surface area contributed by atoms with E-state index >= 15 is 0 Å². The highest BCUT2D eigenvalue weighted by atomic mass is 19.2. The number of aromatic nitrogens is 2. The van der Waals surface area contributed by atoms with Crippen LogP contribution in [0.1, 0.15) is 82.9 Å². The first kappa shape index (κ1) is 21.9. The van der Waals surface area contributed by atoms with E-state index in [4.69, 9.17) is 0 Å². The minimum absolute atomic E-state index is 0.195. The first-order valence-electron chi connectivity index (χ1n) is 11.4. The van der Waals surface area contributed by atoms with Gasteiger partial charge in [-0.1, -0.05) is 64.9 Å². The molecule has 0 bridgehead atoms. The first-order valence-corrected chi connectivity index (χ1v) is 11.4. The molecular formula is C25H34F2N2. The van der Waals surface area contributed by atoms with Crippen LogP contribution >= 0.6 is 0 Å². The quantitative estimate of drug-likeness (QED) is 0.413. The Hall–Kier alpha value is -1.84. The zero-order chi connectivity index (χ0) is 20.6. The summed E-state index contributed by atoms with van der Waals surface area (Å²) in [6.07, 6.45) is 12.1. The van der Waals surface area contributed by atoms with Gasteiger partial charge in [-0.3, -0.25) is 0 Å². The zero-order valence-corrected chi connectivity index (χ0v) is 17.9. The minimum Gasteiger partial charge on any atom is -0.203 e. The zero-order valence-electron chi connectivity index (χ0n) is 17.9. The number of unbranched alkanes of at least 4 members (excludes halogenated alkanes) is 3. The summed E-state index contributed by atoms with van der Waals surface area (Å²) in [5.74, 6) is 0.0974. The third-order valence-electron chi connectivity index (χ3n) is 6.40. The standard InChI is InChI=1S/C25H34F2N2/c1-3-4-5-6-7-20-13-16-22(25(27)24(20)26)23-17-15-21(28-29-23)14-12-19-10-8-18(2)9-11-19/h13,15-19H,3-12,14H2,1-2H3. The summed E-state index contributed by atoms with van der Waals surface area (Å²) in [7, 11) is 0. The number of rotatable bonds is 9. The van der Waals surface area contributed by atoms with Crippen molar-refractivity contribution in [3.63, 3.8) is 0 Å². The van der Waals surface area contributed by atoms with E-state index in [9.17, 15) is 8.78 Å². The van der Waals surface area contributed by atoms with Crippen molar-refractivity contribution in [2.75, 3.05) is 0 Å². The van der Waals surface area contributed by atoms with E-state index in [0.717, 1.165) is 56.1 Å². The molecular weight excluding hydrogens is 366 g/mol. The Balaban J connectivity index is 1.59. The summed E-state index contributed by atoms with van der Waals surface area (Å²) >= 11 is 0. The fourth-order valence-corrected chi connectivity index (χ4v) is 4.33. The highest BCUT2D eigenvalue weighted by Gasteiger charge is 2.19. The molecule has 0 radical (unpaired) electrons. The van der Waals surface area contributed by atoms with E-state index in [1.54, 1.807) is 18.2 Å². The second-order valence-electron chi connectivity index (χ2n) is 8.79. The summed E-state index contributed by atoms with van der Waals surface area (Å²) < 4.78 is 29.1. The van der Waals surface area contributed by atoms with Gasteiger partial charge >= 0.3 is 0 Å². The van der Waals surface area contributed by atoms with Crippen molar-refractivity contribution in [3.05, 3.63) is 47.2 Å². The number of halogens is 2. The Morgan fingerprint density at radius 3 is 2.34 bits per heavy atom. The maximum Gasteiger partial charge on any atom is 0.168 e. The predicted octanol–water partition coefficient (Wildman–Crippen LogP) is 7.30. The van der Waals surface area contributed by atoms with Crippen LogP contribution in [0.5, 0.6) is 0 Å². The molecule has 158 valence electrons. The second-order valence-corrected chi connectivity index (χ2v) is 8.79. The first-order chi connectivity index (χ1) is 14.1. The van der Waals surface area contributed by atoms with Crippen molar-refractivity contribution in [1.82, 2.24) is 10.2 Å². The molecule has 0 saturated heterocycles. The molecule has 0 spiro atoms. The van der Waals surface area contributed by atoms with Gasteiger partial charge in [-0.15, -0.1) is 0 Å². The maximum absolute atomic E-state index is 14.6. The predicted molar refractivity (Wildman–Crippen MR) is 115 cm³/mol. The van der Waals surface area contributed by atoms with Crippen LogP contribution < -0.4 is 0 Å². The molecule has 2 aromatic rings. The number of hydrogen-bond donors (Lipinski definition) is 0. The lowest BCUT2D eigenvalue weighted by molar-refractivity contribution is 0.277. The molecule has 4 heteroatoms. The highest BCUT2D eigenvalue weighted by Crippen LogP contribution is 2.31. The molecule has 1 aliphatic carbocycles. The molecule has 2 nitrogen and oxygen atoms in total. The van der Waals surface area contributed by atoms with Gasteiger partial charge in [0.2, 0.25) is 0 Å². The fourth-order valence-electron chi connectivity index (χ4n) is 4.33. The number of nitrogens with zero attached hydrogens (tertiary/aromatic N) is 2. The van der Waals surface area contributed by atoms with Crippen molar-refractivity contribution in [2.24, 2.45) is 11.8 Å². The second kappa shape index (κ2) is 10.8. The maximum atomic E-state index is 14.6. The van der Waals surface area contributed by atoms with Crippen molar-refractivity contribution >= 4 is 0 Å². The monoisotopic (exact) mass is 400 g/mol. The van der Waals surface area contributed by atoms with Gasteiger partial charge in [0.1, 0.15) is 0 Å². The Morgan fingerprint density at radius 1 is 0.862 bits per heavy atom. The molecule has 1 fully saturated rings. The number of benzene rings is 1. The normalized spacial score (nSPS) is 19.4. The van der Waals surface area contributed by atoms with Gasteiger partial charge in [0.05, 0.1) is 11.4 Å². The van der Waals surface area contributed by atoms with Crippen molar-refractivity contribution in [1.29, 1.82) is 0 Å². The molecule has 0 amide bonds. The van der Waals surface area contributed by atoms with Crippen LogP contribution in [0.2, 0.25) is 0 Å². The van der Waals surface area contributed by atoms with Crippen LogP contribution in [0, 0.1) is 23.5 Å². The van der Waals surface area contributed by atoms with E-state index < -0.39 is 11.6 Å². The van der Waals surface area contributed by atoms with Crippen LogP contribution in [-0.4, -0.2) is 10.2 Å². The molecule has 1 heterocycles. The van der Waals surface area contributed by atoms with Gasteiger partial charge in [0.25, 0.3) is 0 Å². The smallest absolute Gasteiger partial charge is 0.168 e. The lowest BCUT2D eigenvalue weighted by Crippen LogP contribution is -2.13. The van der Waals surface area contributed by atoms with Gasteiger partial charge in [0, 0.05) is 5.56 Å². The number of aryl methyl sites for hydroxylation is 2. The molecule has 0 atom stereocenters. The average Bonchev–Trinajstić information content (AvgIpc) is 2.74. The van der Waals surface area contributed by atoms with E-state index in [0.29, 0.717) is 17.7 Å². The molecule has 0 unspecified atom stereocenters. The van der Waals surface area contributed by atoms with Crippen molar-refractivity contribution < 1.29 is 8.78 Å². The molecule has 1 aromatic heterocycles. The van der Waals surface area contributed by atoms with Crippen LogP contribution in [-0.2, 0) is 12.8 Å². The Bertz CT molecular complexity index is 765. The van der Waals surface area contributed by atoms with E-state index in [2.05, 4.69) is 24.0 Å². The minimum atomic E-state index is -0.809. The number of hydrogen-bond acceptors (Lipinski definition) is 2. The Labute approximate surface area is 174 Å². The van der Waals surface area contributed by atoms with Crippen LogP contribution in [0.25, 0.3) is 11.3 Å². The van der Waals surface area contributed by atoms with Crippen molar-refractivity contribution in [3.8, 4) is 11.3 Å². The van der Waals surface area contributed by atoms with E-state index in [1.807, 2.05) is 6.07 Å². The van der Waals surface area contributed by atoms with Gasteiger partial charge in [-0.05, 0) is 61.3 Å². The molecule has 29 heavy (non-hydrogen) atoms. The average molecular weight is 401 g/mol. The SMILES string of the molecule is CCCCCCc1ccc(-c2ccc(CCC3CCC(C)CC3)nn2)c(F)c1F. The molecule has 1 aromatic carbocycles. The Morgan fingerprint density at radius 2 is 1.66 bits per heavy atom. The molecule has 3 rings (SSSR count). The highest BCUT2D eigenvalue weighted by molar-refractivity contribution is 5.60. The fraction of sp³-hybridized carbons (Fsp3) is 0.600. The molecule has 0 aliphatic heterocycles. The largest absolute Gasteiger partial charge is 0.203 e. The third kappa shape index (κ3) is 6.07. The summed E-state index contributed by atoms with van der Waals surface area (Å²) in [6, 6.07) is 7.01. The Kier molecular flexibility index (Phi) is 8.14. The van der Waals surface area contributed by atoms with Crippen LogP contribution in [0.4, 0.5) is 8.78 Å². The lowest BCUT2D eigenvalue weighted by Gasteiger charge is -2.25. The van der Waals surface area contributed by atoms with Crippen molar-refractivity contribution in [2.45, 2.75) is 84.5 Å². The van der Waals surface area contributed by atoms with Gasteiger partial charge in [0.15, 0.2) is 11.6 Å². The lowest BCUT2D eigenvalue weighted by atomic mass is 9.81. The summed E-state index contributed by atoms with van der Waals surface area (Å²) in [5, 5.41) is 8.46. The molecule has 1 aliphatic rings. The summed E-state index contributed by atoms with van der Waals surface area (Å²) in [6.45, 7) is 4.47. The van der Waals surface area contributed by atoms with Crippen LogP contribution in [0.3, 0.4) is 0 Å².